The van der Waals surface area contributed by atoms with Crippen molar-refractivity contribution in [3.05, 3.63) is 63.2 Å². The lowest BCUT2D eigenvalue weighted by molar-refractivity contribution is -0.385. The molecule has 3 N–H and O–H groups in total. The van der Waals surface area contributed by atoms with Gasteiger partial charge in [-0.25, -0.2) is 0 Å². The molecule has 6 nitrogen and oxygen atoms in total. The first-order valence-corrected chi connectivity index (χ1v) is 6.59. The normalized spacial score (nSPS) is 17.2. The number of nitrogens with one attached hydrogen (secondary N) is 1. The van der Waals surface area contributed by atoms with E-state index < -0.39 is 4.92 Å². The largest absolute Gasteiger partial charge is 0.504 e. The number of hydrogen-bond acceptors (Lipinski definition) is 5. The van der Waals surface area contributed by atoms with E-state index in [4.69, 9.17) is 0 Å². The number of nitrogens with zero attached hydrogens (tertiary/aromatic N) is 1. The van der Waals surface area contributed by atoms with E-state index in [2.05, 4.69) is 5.32 Å². The van der Waals surface area contributed by atoms with Crippen LogP contribution in [0.4, 0.5) is 5.69 Å². The minimum absolute atomic E-state index is 0.0374. The molecule has 1 aliphatic rings. The van der Waals surface area contributed by atoms with Crippen molar-refractivity contribution in [3.8, 4) is 11.5 Å². The summed E-state index contributed by atoms with van der Waals surface area (Å²) in [5.41, 5.74) is 2.22. The van der Waals surface area contributed by atoms with Gasteiger partial charge in [0.15, 0.2) is 11.5 Å². The lowest BCUT2D eigenvalue weighted by Gasteiger charge is -2.27. The molecule has 0 saturated heterocycles. The summed E-state index contributed by atoms with van der Waals surface area (Å²) in [5, 5.41) is 33.7. The van der Waals surface area contributed by atoms with Crippen LogP contribution in [0.5, 0.6) is 11.5 Å². The molecule has 0 radical (unpaired) electrons. The Kier molecular flexibility index (Phi) is 3.23. The van der Waals surface area contributed by atoms with Gasteiger partial charge >= 0.3 is 0 Å². The third-order valence-electron chi connectivity index (χ3n) is 3.73. The molecule has 2 aromatic rings. The molecule has 0 amide bonds. The quantitative estimate of drug-likeness (QED) is 0.447. The summed E-state index contributed by atoms with van der Waals surface area (Å²) >= 11 is 0. The van der Waals surface area contributed by atoms with Crippen LogP contribution in [-0.2, 0) is 6.42 Å². The van der Waals surface area contributed by atoms with Gasteiger partial charge in [0.25, 0.3) is 5.69 Å². The van der Waals surface area contributed by atoms with Gasteiger partial charge in [-0.05, 0) is 29.7 Å². The van der Waals surface area contributed by atoms with Crippen LogP contribution >= 0.6 is 0 Å². The second-order valence-corrected chi connectivity index (χ2v) is 4.99. The number of hydrogen-bond donors (Lipinski definition) is 3. The first-order valence-electron chi connectivity index (χ1n) is 6.59. The lowest BCUT2D eigenvalue weighted by atomic mass is 9.88. The van der Waals surface area contributed by atoms with Crippen molar-refractivity contribution in [1.82, 2.24) is 5.32 Å². The summed E-state index contributed by atoms with van der Waals surface area (Å²) < 4.78 is 0. The predicted molar refractivity (Wildman–Crippen MR) is 76.4 cm³/mol. The van der Waals surface area contributed by atoms with Crippen LogP contribution in [0.3, 0.4) is 0 Å². The van der Waals surface area contributed by atoms with Crippen LogP contribution in [0.1, 0.15) is 22.7 Å². The smallest absolute Gasteiger partial charge is 0.274 e. The molecule has 108 valence electrons. The molecule has 6 heteroatoms. The topological polar surface area (TPSA) is 95.6 Å². The Morgan fingerprint density at radius 2 is 1.86 bits per heavy atom. The van der Waals surface area contributed by atoms with Crippen molar-refractivity contribution in [1.29, 1.82) is 0 Å². The molecule has 0 spiro atoms. The maximum atomic E-state index is 11.2. The fraction of sp³-hybridized carbons (Fsp3) is 0.200. The van der Waals surface area contributed by atoms with E-state index in [-0.39, 0.29) is 23.2 Å². The van der Waals surface area contributed by atoms with Crippen molar-refractivity contribution in [2.75, 3.05) is 6.54 Å². The summed E-state index contributed by atoms with van der Waals surface area (Å²) in [4.78, 5) is 10.8. The first kappa shape index (κ1) is 13.4. The van der Waals surface area contributed by atoms with Gasteiger partial charge in [-0.3, -0.25) is 10.1 Å². The van der Waals surface area contributed by atoms with Crippen LogP contribution in [0.2, 0.25) is 0 Å². The molecular formula is C15H14N2O4. The number of nitro groups is 1. The van der Waals surface area contributed by atoms with Crippen molar-refractivity contribution in [3.63, 3.8) is 0 Å². The van der Waals surface area contributed by atoms with Crippen molar-refractivity contribution in [2.45, 2.75) is 12.5 Å². The van der Waals surface area contributed by atoms with E-state index in [1.807, 2.05) is 0 Å². The highest BCUT2D eigenvalue weighted by Crippen LogP contribution is 2.38. The molecule has 0 bridgehead atoms. The molecule has 1 heterocycles. The lowest BCUT2D eigenvalue weighted by Crippen LogP contribution is -2.31. The fourth-order valence-corrected chi connectivity index (χ4v) is 2.76. The SMILES string of the molecule is O=[N+]([O-])c1ccccc1C1NCCc2cc(O)c(O)cc21. The molecule has 0 fully saturated rings. The third-order valence-corrected chi connectivity index (χ3v) is 3.73. The summed E-state index contributed by atoms with van der Waals surface area (Å²) in [6.07, 6.45) is 0.695. The van der Waals surface area contributed by atoms with E-state index >= 15 is 0 Å². The molecule has 0 aromatic heterocycles. The van der Waals surface area contributed by atoms with Gasteiger partial charge in [0.2, 0.25) is 0 Å². The van der Waals surface area contributed by atoms with Gasteiger partial charge in [-0.15, -0.1) is 0 Å². The minimum atomic E-state index is -0.411. The summed E-state index contributed by atoms with van der Waals surface area (Å²) in [6.45, 7) is 0.647. The number of phenols is 2. The average molecular weight is 286 g/mol. The van der Waals surface area contributed by atoms with E-state index in [0.717, 1.165) is 11.1 Å². The van der Waals surface area contributed by atoms with Crippen molar-refractivity contribution >= 4 is 5.69 Å². The van der Waals surface area contributed by atoms with Crippen molar-refractivity contribution in [2.24, 2.45) is 0 Å². The maximum Gasteiger partial charge on any atom is 0.274 e. The molecule has 1 unspecified atom stereocenters. The van der Waals surface area contributed by atoms with E-state index in [9.17, 15) is 20.3 Å². The van der Waals surface area contributed by atoms with Crippen LogP contribution < -0.4 is 5.32 Å². The zero-order chi connectivity index (χ0) is 15.0. The number of benzene rings is 2. The van der Waals surface area contributed by atoms with Gasteiger partial charge in [-0.2, -0.15) is 0 Å². The molecule has 1 aliphatic heterocycles. The molecular weight excluding hydrogens is 272 g/mol. The van der Waals surface area contributed by atoms with Crippen molar-refractivity contribution < 1.29 is 15.1 Å². The Morgan fingerprint density at radius 1 is 1.14 bits per heavy atom. The molecule has 2 aromatic carbocycles. The van der Waals surface area contributed by atoms with E-state index in [0.29, 0.717) is 18.5 Å². The van der Waals surface area contributed by atoms with Gasteiger partial charge in [0, 0.05) is 12.6 Å². The van der Waals surface area contributed by atoms with Gasteiger partial charge in [0.05, 0.1) is 16.5 Å². The molecule has 0 aliphatic carbocycles. The Hall–Kier alpha value is -2.60. The Bertz CT molecular complexity index is 715. The summed E-state index contributed by atoms with van der Waals surface area (Å²) in [5.74, 6) is -0.391. The minimum Gasteiger partial charge on any atom is -0.504 e. The zero-order valence-corrected chi connectivity index (χ0v) is 11.1. The standard InChI is InChI=1S/C15H14N2O4/c18-13-7-9-5-6-16-15(11(9)8-14(13)19)10-3-1-2-4-12(10)17(20)21/h1-4,7-8,15-16,18-19H,5-6H2. The highest BCUT2D eigenvalue weighted by molar-refractivity contribution is 5.53. The molecule has 1 atom stereocenters. The molecule has 3 rings (SSSR count). The average Bonchev–Trinajstić information content (AvgIpc) is 2.48. The van der Waals surface area contributed by atoms with Gasteiger partial charge < -0.3 is 15.5 Å². The van der Waals surface area contributed by atoms with Crippen LogP contribution in [-0.4, -0.2) is 21.7 Å². The summed E-state index contributed by atoms with van der Waals surface area (Å²) in [7, 11) is 0. The number of fused-ring (bicyclic) bond motifs is 1. The van der Waals surface area contributed by atoms with Crippen LogP contribution in [0.25, 0.3) is 0 Å². The second kappa shape index (κ2) is 5.06. The Labute approximate surface area is 120 Å². The number of nitro benzene ring substituents is 1. The molecule has 0 saturated carbocycles. The second-order valence-electron chi connectivity index (χ2n) is 4.99. The third kappa shape index (κ3) is 2.30. The van der Waals surface area contributed by atoms with E-state index in [1.165, 1.54) is 18.2 Å². The number of rotatable bonds is 2. The number of aromatic hydroxyl groups is 2. The fourth-order valence-electron chi connectivity index (χ4n) is 2.76. The van der Waals surface area contributed by atoms with Gasteiger partial charge in [0.1, 0.15) is 0 Å². The Balaban J connectivity index is 2.15. The van der Waals surface area contributed by atoms with E-state index in [1.54, 1.807) is 18.2 Å². The van der Waals surface area contributed by atoms with Crippen LogP contribution in [0.15, 0.2) is 36.4 Å². The monoisotopic (exact) mass is 286 g/mol. The zero-order valence-electron chi connectivity index (χ0n) is 11.1. The Morgan fingerprint density at radius 3 is 2.62 bits per heavy atom. The maximum absolute atomic E-state index is 11.2. The predicted octanol–water partition coefficient (Wildman–Crippen LogP) is 2.24. The first-order chi connectivity index (χ1) is 10.1. The van der Waals surface area contributed by atoms with Crippen LogP contribution in [0, 0.1) is 10.1 Å². The van der Waals surface area contributed by atoms with Gasteiger partial charge in [-0.1, -0.05) is 18.2 Å². The highest BCUT2D eigenvalue weighted by atomic mass is 16.6. The number of phenolic OH excluding ortho intramolecular Hbond substituents is 2. The highest BCUT2D eigenvalue weighted by Gasteiger charge is 2.28. The number of para-hydroxylation sites is 1. The summed E-state index contributed by atoms with van der Waals surface area (Å²) in [6, 6.07) is 9.16. The molecule has 21 heavy (non-hydrogen) atoms.